The molecule has 2 amide bonds. The second-order valence-corrected chi connectivity index (χ2v) is 3.55. The fourth-order valence-corrected chi connectivity index (χ4v) is 1.43. The van der Waals surface area contributed by atoms with Gasteiger partial charge in [-0.1, -0.05) is 12.8 Å². The molecule has 0 aromatic carbocycles. The number of amides is 2. The standard InChI is InChI=1S/C9H19N3O/c1-11-8-6-4-3-5-7-10-9(13)12(11)2/h3-8H2,1-2H3,(H,10,13). The van der Waals surface area contributed by atoms with Crippen molar-refractivity contribution in [2.75, 3.05) is 27.2 Å². The molecule has 0 atom stereocenters. The summed E-state index contributed by atoms with van der Waals surface area (Å²) >= 11 is 0. The molecule has 1 aliphatic heterocycles. The number of nitrogens with zero attached hydrogens (tertiary/aromatic N) is 2. The van der Waals surface area contributed by atoms with Crippen molar-refractivity contribution >= 4 is 6.03 Å². The van der Waals surface area contributed by atoms with Gasteiger partial charge in [0.1, 0.15) is 0 Å². The molecule has 0 unspecified atom stereocenters. The number of carbonyl (C=O) groups excluding carboxylic acids is 1. The maximum atomic E-state index is 11.4. The Bertz CT molecular complexity index is 172. The van der Waals surface area contributed by atoms with Crippen molar-refractivity contribution in [3.8, 4) is 0 Å². The molecule has 0 bridgehead atoms. The number of rotatable bonds is 0. The second-order valence-electron chi connectivity index (χ2n) is 3.55. The zero-order chi connectivity index (χ0) is 9.68. The van der Waals surface area contributed by atoms with Crippen LogP contribution in [0.3, 0.4) is 0 Å². The number of nitrogens with one attached hydrogen (secondary N) is 1. The van der Waals surface area contributed by atoms with Gasteiger partial charge in [-0.3, -0.25) is 5.01 Å². The maximum Gasteiger partial charge on any atom is 0.331 e. The van der Waals surface area contributed by atoms with Crippen LogP contribution in [0.4, 0.5) is 4.79 Å². The summed E-state index contributed by atoms with van der Waals surface area (Å²) in [5, 5.41) is 6.48. The molecule has 1 aliphatic rings. The maximum absolute atomic E-state index is 11.4. The minimum Gasteiger partial charge on any atom is -0.337 e. The zero-order valence-corrected chi connectivity index (χ0v) is 8.55. The molecule has 0 aliphatic carbocycles. The van der Waals surface area contributed by atoms with E-state index in [1.165, 1.54) is 19.3 Å². The van der Waals surface area contributed by atoms with Gasteiger partial charge in [0.25, 0.3) is 0 Å². The fraction of sp³-hybridized carbons (Fsp3) is 0.889. The molecule has 1 N–H and O–H groups in total. The van der Waals surface area contributed by atoms with E-state index >= 15 is 0 Å². The van der Waals surface area contributed by atoms with Crippen LogP contribution in [-0.2, 0) is 0 Å². The van der Waals surface area contributed by atoms with E-state index < -0.39 is 0 Å². The lowest BCUT2D eigenvalue weighted by Crippen LogP contribution is -2.47. The molecule has 0 aromatic rings. The van der Waals surface area contributed by atoms with E-state index in [0.717, 1.165) is 19.5 Å². The average Bonchev–Trinajstić information content (AvgIpc) is 2.13. The first-order chi connectivity index (χ1) is 6.22. The van der Waals surface area contributed by atoms with Gasteiger partial charge in [0.05, 0.1) is 0 Å². The van der Waals surface area contributed by atoms with Gasteiger partial charge in [-0.15, -0.1) is 0 Å². The largest absolute Gasteiger partial charge is 0.337 e. The second kappa shape index (κ2) is 5.07. The molecule has 1 fully saturated rings. The number of urea groups is 1. The Kier molecular flexibility index (Phi) is 4.02. The topological polar surface area (TPSA) is 35.6 Å². The Morgan fingerprint density at radius 2 is 1.85 bits per heavy atom. The van der Waals surface area contributed by atoms with Gasteiger partial charge in [-0.05, 0) is 12.8 Å². The lowest BCUT2D eigenvalue weighted by Gasteiger charge is -2.29. The van der Waals surface area contributed by atoms with Gasteiger partial charge in [-0.25, -0.2) is 9.80 Å². The number of carbonyl (C=O) groups is 1. The van der Waals surface area contributed by atoms with E-state index in [9.17, 15) is 4.79 Å². The Morgan fingerprint density at radius 1 is 1.15 bits per heavy atom. The summed E-state index contributed by atoms with van der Waals surface area (Å²) in [6.45, 7) is 1.76. The summed E-state index contributed by atoms with van der Waals surface area (Å²) in [6, 6.07) is 0.00407. The summed E-state index contributed by atoms with van der Waals surface area (Å²) in [7, 11) is 3.75. The van der Waals surface area contributed by atoms with E-state index in [1.54, 1.807) is 12.1 Å². The Hall–Kier alpha value is -0.770. The molecular formula is C9H19N3O. The molecule has 0 spiro atoms. The van der Waals surface area contributed by atoms with Crippen LogP contribution in [0.1, 0.15) is 25.7 Å². The normalized spacial score (nSPS) is 22.6. The van der Waals surface area contributed by atoms with E-state index in [1.807, 2.05) is 12.1 Å². The van der Waals surface area contributed by atoms with Gasteiger partial charge >= 0.3 is 6.03 Å². The number of hydrogen-bond donors (Lipinski definition) is 1. The zero-order valence-electron chi connectivity index (χ0n) is 8.55. The summed E-state index contributed by atoms with van der Waals surface area (Å²) in [5.41, 5.74) is 0. The predicted octanol–water partition coefficient (Wildman–Crippen LogP) is 1.05. The van der Waals surface area contributed by atoms with Gasteiger partial charge < -0.3 is 5.32 Å². The van der Waals surface area contributed by atoms with Crippen molar-refractivity contribution < 1.29 is 4.79 Å². The highest BCUT2D eigenvalue weighted by Gasteiger charge is 2.13. The molecule has 1 heterocycles. The van der Waals surface area contributed by atoms with E-state index in [2.05, 4.69) is 5.32 Å². The highest BCUT2D eigenvalue weighted by Crippen LogP contribution is 2.04. The quantitative estimate of drug-likeness (QED) is 0.612. The van der Waals surface area contributed by atoms with Crippen molar-refractivity contribution in [1.82, 2.24) is 15.3 Å². The SMILES string of the molecule is CN1CCCCCCNC(=O)N1C. The van der Waals surface area contributed by atoms with Crippen molar-refractivity contribution in [2.24, 2.45) is 0 Å². The van der Waals surface area contributed by atoms with Crippen LogP contribution in [0.2, 0.25) is 0 Å². The average molecular weight is 185 g/mol. The molecule has 0 radical (unpaired) electrons. The molecule has 76 valence electrons. The van der Waals surface area contributed by atoms with Crippen molar-refractivity contribution in [3.63, 3.8) is 0 Å². The van der Waals surface area contributed by atoms with Crippen LogP contribution in [0.5, 0.6) is 0 Å². The fourth-order valence-electron chi connectivity index (χ4n) is 1.43. The third-order valence-corrected chi connectivity index (χ3v) is 2.49. The third kappa shape index (κ3) is 3.22. The molecule has 0 aromatic heterocycles. The van der Waals surface area contributed by atoms with Crippen molar-refractivity contribution in [2.45, 2.75) is 25.7 Å². The highest BCUT2D eigenvalue weighted by molar-refractivity contribution is 5.73. The number of hydrogen-bond acceptors (Lipinski definition) is 2. The monoisotopic (exact) mass is 185 g/mol. The predicted molar refractivity (Wildman–Crippen MR) is 52.3 cm³/mol. The molecule has 1 saturated heterocycles. The molecule has 0 saturated carbocycles. The lowest BCUT2D eigenvalue weighted by molar-refractivity contribution is 0.0590. The first-order valence-electron chi connectivity index (χ1n) is 4.94. The summed E-state index contributed by atoms with van der Waals surface area (Å²) < 4.78 is 0. The molecule has 4 heteroatoms. The van der Waals surface area contributed by atoms with E-state index in [4.69, 9.17) is 0 Å². The van der Waals surface area contributed by atoms with Crippen LogP contribution < -0.4 is 5.32 Å². The minimum atomic E-state index is 0.00407. The van der Waals surface area contributed by atoms with Gasteiger partial charge in [-0.2, -0.15) is 0 Å². The highest BCUT2D eigenvalue weighted by atomic mass is 16.2. The Balaban J connectivity index is 2.45. The van der Waals surface area contributed by atoms with Crippen LogP contribution in [0.25, 0.3) is 0 Å². The summed E-state index contributed by atoms with van der Waals surface area (Å²) in [4.78, 5) is 11.4. The minimum absolute atomic E-state index is 0.00407. The summed E-state index contributed by atoms with van der Waals surface area (Å²) in [6.07, 6.45) is 4.75. The van der Waals surface area contributed by atoms with Gasteiger partial charge in [0.15, 0.2) is 0 Å². The first-order valence-corrected chi connectivity index (χ1v) is 4.94. The lowest BCUT2D eigenvalue weighted by atomic mass is 10.2. The van der Waals surface area contributed by atoms with Crippen molar-refractivity contribution in [1.29, 1.82) is 0 Å². The van der Waals surface area contributed by atoms with Crippen LogP contribution in [-0.4, -0.2) is 43.2 Å². The molecule has 4 nitrogen and oxygen atoms in total. The Morgan fingerprint density at radius 3 is 2.62 bits per heavy atom. The number of hydrazine groups is 1. The third-order valence-electron chi connectivity index (χ3n) is 2.49. The van der Waals surface area contributed by atoms with Crippen LogP contribution in [0, 0.1) is 0 Å². The molecule has 1 rings (SSSR count). The van der Waals surface area contributed by atoms with Gasteiger partial charge in [0.2, 0.25) is 0 Å². The van der Waals surface area contributed by atoms with E-state index in [-0.39, 0.29) is 6.03 Å². The first kappa shape index (κ1) is 10.3. The van der Waals surface area contributed by atoms with E-state index in [0.29, 0.717) is 0 Å². The molecule has 13 heavy (non-hydrogen) atoms. The van der Waals surface area contributed by atoms with Crippen LogP contribution in [0.15, 0.2) is 0 Å². The Labute approximate surface area is 79.9 Å². The van der Waals surface area contributed by atoms with Gasteiger partial charge in [0, 0.05) is 27.2 Å². The smallest absolute Gasteiger partial charge is 0.331 e. The van der Waals surface area contributed by atoms with Crippen LogP contribution >= 0.6 is 0 Å². The van der Waals surface area contributed by atoms with Crippen molar-refractivity contribution in [3.05, 3.63) is 0 Å². The summed E-state index contributed by atoms with van der Waals surface area (Å²) in [5.74, 6) is 0. The molecular weight excluding hydrogens is 166 g/mol.